The molecule has 17 heavy (non-hydrogen) atoms. The van der Waals surface area contributed by atoms with Crippen LogP contribution in [0.1, 0.15) is 11.5 Å². The number of nitro groups is 2. The Hall–Kier alpha value is -1.63. The van der Waals surface area contributed by atoms with E-state index >= 15 is 0 Å². The average Bonchev–Trinajstić information content (AvgIpc) is 2.27. The van der Waals surface area contributed by atoms with Gasteiger partial charge in [-0.3, -0.25) is 20.2 Å². The third kappa shape index (κ3) is 4.39. The summed E-state index contributed by atoms with van der Waals surface area (Å²) in [6.07, 6.45) is 1.92. The summed E-state index contributed by atoms with van der Waals surface area (Å²) in [7, 11) is 0. The van der Waals surface area contributed by atoms with E-state index in [1.165, 1.54) is 0 Å². The van der Waals surface area contributed by atoms with Crippen molar-refractivity contribution in [2.75, 3.05) is 19.3 Å². The highest BCUT2D eigenvalue weighted by molar-refractivity contribution is 7.98. The molecule has 0 saturated heterocycles. The molecule has 0 N–H and O–H groups in total. The summed E-state index contributed by atoms with van der Waals surface area (Å²) in [6.45, 7) is -0.834. The highest BCUT2D eigenvalue weighted by Gasteiger charge is 2.23. The SMILES string of the molecule is CSc1ccc(C(C[N+](=O)[O-])C[N+](=O)[O-])cc1. The second-order valence-corrected chi connectivity index (χ2v) is 4.38. The van der Waals surface area contributed by atoms with Crippen molar-refractivity contribution in [2.24, 2.45) is 0 Å². The van der Waals surface area contributed by atoms with Gasteiger partial charge in [-0.2, -0.15) is 0 Å². The van der Waals surface area contributed by atoms with Crippen LogP contribution in [0.15, 0.2) is 29.2 Å². The predicted molar refractivity (Wildman–Crippen MR) is 64.7 cm³/mol. The smallest absolute Gasteiger partial charge is 0.217 e. The molecule has 0 aliphatic rings. The maximum atomic E-state index is 10.5. The van der Waals surface area contributed by atoms with E-state index in [-0.39, 0.29) is 0 Å². The van der Waals surface area contributed by atoms with Crippen molar-refractivity contribution in [3.63, 3.8) is 0 Å². The Morgan fingerprint density at radius 2 is 1.59 bits per heavy atom. The fraction of sp³-hybridized carbons (Fsp3) is 0.400. The molecule has 0 unspecified atom stereocenters. The van der Waals surface area contributed by atoms with Gasteiger partial charge >= 0.3 is 0 Å². The Balaban J connectivity index is 2.86. The van der Waals surface area contributed by atoms with Crippen LogP contribution in [0.4, 0.5) is 0 Å². The van der Waals surface area contributed by atoms with E-state index < -0.39 is 28.9 Å². The van der Waals surface area contributed by atoms with Gasteiger partial charge in [-0.15, -0.1) is 11.8 Å². The molecule has 0 heterocycles. The number of benzene rings is 1. The Morgan fingerprint density at radius 3 is 1.94 bits per heavy atom. The molecule has 0 radical (unpaired) electrons. The van der Waals surface area contributed by atoms with Gasteiger partial charge in [0, 0.05) is 14.7 Å². The van der Waals surface area contributed by atoms with Gasteiger partial charge in [0.2, 0.25) is 13.1 Å². The van der Waals surface area contributed by atoms with E-state index in [0.29, 0.717) is 5.56 Å². The fourth-order valence-electron chi connectivity index (χ4n) is 1.50. The highest BCUT2D eigenvalue weighted by atomic mass is 32.2. The first-order valence-electron chi connectivity index (χ1n) is 4.90. The molecule has 0 fully saturated rings. The average molecular weight is 256 g/mol. The quantitative estimate of drug-likeness (QED) is 0.441. The molecule has 0 aliphatic heterocycles. The van der Waals surface area contributed by atoms with E-state index in [0.717, 1.165) is 4.90 Å². The third-order valence-corrected chi connectivity index (χ3v) is 3.07. The Kier molecular flexibility index (Phi) is 4.89. The van der Waals surface area contributed by atoms with Gasteiger partial charge in [-0.25, -0.2) is 0 Å². The van der Waals surface area contributed by atoms with Crippen molar-refractivity contribution >= 4 is 11.8 Å². The van der Waals surface area contributed by atoms with Crippen LogP contribution in [-0.2, 0) is 0 Å². The summed E-state index contributed by atoms with van der Waals surface area (Å²) in [5.74, 6) is -0.670. The van der Waals surface area contributed by atoms with Crippen LogP contribution >= 0.6 is 11.8 Å². The van der Waals surface area contributed by atoms with Crippen molar-refractivity contribution in [3.8, 4) is 0 Å². The van der Waals surface area contributed by atoms with Crippen molar-refractivity contribution in [1.29, 1.82) is 0 Å². The normalized spacial score (nSPS) is 10.5. The van der Waals surface area contributed by atoms with Crippen LogP contribution in [0, 0.1) is 20.2 Å². The first-order valence-corrected chi connectivity index (χ1v) is 6.13. The number of hydrogen-bond donors (Lipinski definition) is 0. The largest absolute Gasteiger partial charge is 0.265 e. The molecular formula is C10H12N2O4S. The maximum Gasteiger partial charge on any atom is 0.217 e. The molecule has 0 atom stereocenters. The minimum atomic E-state index is -0.670. The van der Waals surface area contributed by atoms with Crippen LogP contribution in [0.5, 0.6) is 0 Å². The van der Waals surface area contributed by atoms with Crippen molar-refractivity contribution in [1.82, 2.24) is 0 Å². The molecule has 7 heteroatoms. The summed E-state index contributed by atoms with van der Waals surface area (Å²) in [5.41, 5.74) is 0.635. The van der Waals surface area contributed by atoms with E-state index in [2.05, 4.69) is 0 Å². The van der Waals surface area contributed by atoms with Gasteiger partial charge in [0.1, 0.15) is 5.92 Å². The van der Waals surface area contributed by atoms with Gasteiger partial charge in [0.25, 0.3) is 0 Å². The van der Waals surface area contributed by atoms with Gasteiger partial charge in [-0.1, -0.05) is 12.1 Å². The Morgan fingerprint density at radius 1 is 1.12 bits per heavy atom. The third-order valence-electron chi connectivity index (χ3n) is 2.33. The molecule has 0 amide bonds. The maximum absolute atomic E-state index is 10.5. The Labute approximate surface area is 102 Å². The summed E-state index contributed by atoms with van der Waals surface area (Å²) in [4.78, 5) is 20.9. The topological polar surface area (TPSA) is 86.3 Å². The molecule has 0 aromatic heterocycles. The molecule has 6 nitrogen and oxygen atoms in total. The van der Waals surface area contributed by atoms with Gasteiger partial charge in [0.05, 0.1) is 0 Å². The molecule has 1 rings (SSSR count). The summed E-state index contributed by atoms with van der Waals surface area (Å²) in [5, 5.41) is 20.9. The zero-order valence-electron chi connectivity index (χ0n) is 9.24. The number of nitrogens with zero attached hydrogens (tertiary/aromatic N) is 2. The first-order chi connectivity index (χ1) is 8.02. The molecule has 0 bridgehead atoms. The van der Waals surface area contributed by atoms with Crippen molar-refractivity contribution in [2.45, 2.75) is 10.8 Å². The van der Waals surface area contributed by atoms with E-state index in [1.807, 2.05) is 18.4 Å². The zero-order valence-corrected chi connectivity index (χ0v) is 10.1. The molecule has 0 aliphatic carbocycles. The minimum absolute atomic E-state index is 0.417. The van der Waals surface area contributed by atoms with Crippen LogP contribution in [0.2, 0.25) is 0 Å². The van der Waals surface area contributed by atoms with Crippen LogP contribution in [0.25, 0.3) is 0 Å². The zero-order chi connectivity index (χ0) is 12.8. The van der Waals surface area contributed by atoms with Gasteiger partial charge < -0.3 is 0 Å². The second-order valence-electron chi connectivity index (χ2n) is 3.50. The monoisotopic (exact) mass is 256 g/mol. The number of thioether (sulfide) groups is 1. The van der Waals surface area contributed by atoms with Crippen LogP contribution in [-0.4, -0.2) is 29.2 Å². The van der Waals surface area contributed by atoms with Crippen molar-refractivity contribution in [3.05, 3.63) is 50.1 Å². The lowest BCUT2D eigenvalue weighted by atomic mass is 9.99. The standard InChI is InChI=1S/C10H12N2O4S/c1-17-10-4-2-8(3-5-10)9(6-11(13)14)7-12(15)16/h2-5,9H,6-7H2,1H3. The highest BCUT2D eigenvalue weighted by Crippen LogP contribution is 2.21. The molecular weight excluding hydrogens is 244 g/mol. The fourth-order valence-corrected chi connectivity index (χ4v) is 1.91. The van der Waals surface area contributed by atoms with Crippen LogP contribution < -0.4 is 0 Å². The Bertz CT molecular complexity index is 391. The lowest BCUT2D eigenvalue weighted by Gasteiger charge is -2.09. The van der Waals surface area contributed by atoms with Crippen molar-refractivity contribution < 1.29 is 9.85 Å². The minimum Gasteiger partial charge on any atom is -0.265 e. The lowest BCUT2D eigenvalue weighted by Crippen LogP contribution is -2.20. The molecule has 1 aromatic rings. The van der Waals surface area contributed by atoms with Gasteiger partial charge in [0.15, 0.2) is 0 Å². The number of rotatable bonds is 6. The molecule has 0 spiro atoms. The molecule has 0 saturated carbocycles. The molecule has 1 aromatic carbocycles. The second kappa shape index (κ2) is 6.19. The number of hydrogen-bond acceptors (Lipinski definition) is 5. The van der Waals surface area contributed by atoms with E-state index in [4.69, 9.17) is 0 Å². The summed E-state index contributed by atoms with van der Waals surface area (Å²) < 4.78 is 0. The van der Waals surface area contributed by atoms with E-state index in [9.17, 15) is 20.2 Å². The molecule has 92 valence electrons. The van der Waals surface area contributed by atoms with Crippen LogP contribution in [0.3, 0.4) is 0 Å². The lowest BCUT2D eigenvalue weighted by molar-refractivity contribution is -0.516. The summed E-state index contributed by atoms with van der Waals surface area (Å²) in [6, 6.07) is 7.05. The first kappa shape index (κ1) is 13.4. The summed E-state index contributed by atoms with van der Waals surface area (Å²) >= 11 is 1.55. The van der Waals surface area contributed by atoms with E-state index in [1.54, 1.807) is 23.9 Å². The predicted octanol–water partition coefficient (Wildman–Crippen LogP) is 2.05. The van der Waals surface area contributed by atoms with Gasteiger partial charge in [-0.05, 0) is 24.0 Å².